The maximum absolute atomic E-state index is 13.0. The lowest BCUT2D eigenvalue weighted by Crippen LogP contribution is -2.48. The summed E-state index contributed by atoms with van der Waals surface area (Å²) in [7, 11) is 1.59. The van der Waals surface area contributed by atoms with Gasteiger partial charge in [-0.3, -0.25) is 9.69 Å². The van der Waals surface area contributed by atoms with E-state index in [1.165, 1.54) is 11.1 Å². The number of carbonyl (C=O) groups excluding carboxylic acids is 1. The first-order valence-electron chi connectivity index (χ1n) is 11.0. The molecule has 5 heteroatoms. The molecule has 0 radical (unpaired) electrons. The molecule has 3 aromatic rings. The lowest BCUT2D eigenvalue weighted by atomic mass is 9.72. The molecule has 3 aromatic carbocycles. The molecule has 1 aliphatic rings. The first kappa shape index (κ1) is 22.4. The predicted octanol–water partition coefficient (Wildman–Crippen LogP) is 5.31. The molecular weight excluding hydrogens is 420 g/mol. The number of ether oxygens (including phenoxy) is 1. The normalized spacial score (nSPS) is 15.8. The highest BCUT2D eigenvalue weighted by molar-refractivity contribution is 6.30. The van der Waals surface area contributed by atoms with Crippen molar-refractivity contribution in [2.75, 3.05) is 26.7 Å². The van der Waals surface area contributed by atoms with Gasteiger partial charge in [-0.2, -0.15) is 0 Å². The Morgan fingerprint density at radius 3 is 2.44 bits per heavy atom. The zero-order valence-electron chi connectivity index (χ0n) is 18.4. The van der Waals surface area contributed by atoms with E-state index >= 15 is 0 Å². The van der Waals surface area contributed by atoms with Gasteiger partial charge in [0.25, 0.3) is 5.91 Å². The van der Waals surface area contributed by atoms with Crippen LogP contribution in [0.2, 0.25) is 5.02 Å². The molecule has 1 aliphatic heterocycles. The number of benzene rings is 3. The molecule has 32 heavy (non-hydrogen) atoms. The van der Waals surface area contributed by atoms with Crippen molar-refractivity contribution in [1.82, 2.24) is 10.2 Å². The second-order valence-corrected chi connectivity index (χ2v) is 8.87. The average molecular weight is 449 g/mol. The molecule has 0 atom stereocenters. The monoisotopic (exact) mass is 448 g/mol. The molecular formula is C27H29ClN2O2. The van der Waals surface area contributed by atoms with E-state index < -0.39 is 0 Å². The molecule has 1 fully saturated rings. The molecule has 0 spiro atoms. The summed E-state index contributed by atoms with van der Waals surface area (Å²) >= 11 is 6.35. The average Bonchev–Trinajstić information content (AvgIpc) is 2.84. The Balaban J connectivity index is 1.50. The van der Waals surface area contributed by atoms with Crippen LogP contribution in [-0.2, 0) is 12.0 Å². The number of para-hydroxylation sites is 1. The summed E-state index contributed by atoms with van der Waals surface area (Å²) in [5.74, 6) is 0.468. The number of hydrogen-bond acceptors (Lipinski definition) is 3. The Morgan fingerprint density at radius 2 is 1.72 bits per heavy atom. The Labute approximate surface area is 195 Å². The van der Waals surface area contributed by atoms with Gasteiger partial charge in [0, 0.05) is 23.5 Å². The highest BCUT2D eigenvalue weighted by Crippen LogP contribution is 2.37. The van der Waals surface area contributed by atoms with Crippen LogP contribution in [0.15, 0.2) is 78.9 Å². The fraction of sp³-hybridized carbons (Fsp3) is 0.296. The van der Waals surface area contributed by atoms with E-state index in [0.717, 1.165) is 37.5 Å². The largest absolute Gasteiger partial charge is 0.496 e. The van der Waals surface area contributed by atoms with Crippen molar-refractivity contribution in [3.63, 3.8) is 0 Å². The molecule has 0 unspecified atom stereocenters. The van der Waals surface area contributed by atoms with E-state index in [2.05, 4.69) is 40.5 Å². The van der Waals surface area contributed by atoms with Crippen molar-refractivity contribution >= 4 is 17.5 Å². The van der Waals surface area contributed by atoms with Gasteiger partial charge in [0.15, 0.2) is 0 Å². The number of carbonyl (C=O) groups is 1. The van der Waals surface area contributed by atoms with Crippen molar-refractivity contribution in [2.24, 2.45) is 0 Å². The first-order chi connectivity index (χ1) is 15.6. The van der Waals surface area contributed by atoms with Crippen LogP contribution >= 0.6 is 11.6 Å². The quantitative estimate of drug-likeness (QED) is 0.532. The third-order valence-corrected chi connectivity index (χ3v) is 6.67. The van der Waals surface area contributed by atoms with Crippen LogP contribution in [0.5, 0.6) is 5.75 Å². The second kappa shape index (κ2) is 10.2. The van der Waals surface area contributed by atoms with E-state index in [1.54, 1.807) is 13.2 Å². The van der Waals surface area contributed by atoms with E-state index in [0.29, 0.717) is 17.9 Å². The number of hydrogen-bond donors (Lipinski definition) is 1. The Hall–Kier alpha value is -2.82. The number of methoxy groups -OCH3 is 1. The van der Waals surface area contributed by atoms with Crippen LogP contribution in [-0.4, -0.2) is 37.6 Å². The molecule has 0 aliphatic carbocycles. The smallest absolute Gasteiger partial charge is 0.255 e. The molecule has 0 saturated carbocycles. The van der Waals surface area contributed by atoms with Crippen LogP contribution in [0.4, 0.5) is 0 Å². The Bertz CT molecular complexity index is 1050. The van der Waals surface area contributed by atoms with Gasteiger partial charge in [0.2, 0.25) is 0 Å². The Morgan fingerprint density at radius 1 is 1.00 bits per heavy atom. The van der Waals surface area contributed by atoms with E-state index in [9.17, 15) is 4.79 Å². The van der Waals surface area contributed by atoms with E-state index in [1.807, 2.05) is 42.5 Å². The van der Waals surface area contributed by atoms with Gasteiger partial charge in [-0.1, -0.05) is 66.2 Å². The van der Waals surface area contributed by atoms with Crippen LogP contribution in [0.1, 0.15) is 34.3 Å². The predicted molar refractivity (Wildman–Crippen MR) is 129 cm³/mol. The van der Waals surface area contributed by atoms with Gasteiger partial charge in [-0.05, 0) is 61.3 Å². The van der Waals surface area contributed by atoms with Gasteiger partial charge >= 0.3 is 0 Å². The number of likely N-dealkylation sites (tertiary alicyclic amines) is 1. The van der Waals surface area contributed by atoms with Crippen LogP contribution < -0.4 is 10.1 Å². The van der Waals surface area contributed by atoms with Crippen LogP contribution in [0.3, 0.4) is 0 Å². The number of nitrogens with one attached hydrogen (secondary N) is 1. The van der Waals surface area contributed by atoms with Gasteiger partial charge in [-0.15, -0.1) is 0 Å². The third kappa shape index (κ3) is 5.14. The zero-order chi connectivity index (χ0) is 22.4. The van der Waals surface area contributed by atoms with E-state index in [-0.39, 0.29) is 11.3 Å². The highest BCUT2D eigenvalue weighted by Gasteiger charge is 2.37. The van der Waals surface area contributed by atoms with E-state index in [4.69, 9.17) is 16.3 Å². The molecule has 0 bridgehead atoms. The fourth-order valence-corrected chi connectivity index (χ4v) is 4.73. The summed E-state index contributed by atoms with van der Waals surface area (Å²) in [6.07, 6.45) is 1.90. The maximum atomic E-state index is 13.0. The lowest BCUT2D eigenvalue weighted by Gasteiger charge is -2.42. The molecule has 4 rings (SSSR count). The number of halogens is 1. The molecule has 1 heterocycles. The van der Waals surface area contributed by atoms with Crippen molar-refractivity contribution in [3.8, 4) is 5.75 Å². The zero-order valence-corrected chi connectivity index (χ0v) is 19.1. The minimum atomic E-state index is -0.157. The van der Waals surface area contributed by atoms with Crippen molar-refractivity contribution in [3.05, 3.63) is 101 Å². The molecule has 166 valence electrons. The van der Waals surface area contributed by atoms with Crippen molar-refractivity contribution in [1.29, 1.82) is 0 Å². The lowest BCUT2D eigenvalue weighted by molar-refractivity contribution is 0.0916. The van der Waals surface area contributed by atoms with Gasteiger partial charge in [0.1, 0.15) is 5.75 Å². The van der Waals surface area contributed by atoms with Gasteiger partial charge < -0.3 is 10.1 Å². The highest BCUT2D eigenvalue weighted by atomic mass is 35.5. The summed E-state index contributed by atoms with van der Waals surface area (Å²) in [6, 6.07) is 26.0. The maximum Gasteiger partial charge on any atom is 0.255 e. The summed E-state index contributed by atoms with van der Waals surface area (Å²) in [6.45, 7) is 3.43. The topological polar surface area (TPSA) is 41.6 Å². The molecule has 1 saturated heterocycles. The molecule has 1 amide bonds. The second-order valence-electron chi connectivity index (χ2n) is 8.44. The van der Waals surface area contributed by atoms with Crippen molar-refractivity contribution in [2.45, 2.75) is 24.8 Å². The summed E-state index contributed by atoms with van der Waals surface area (Å²) in [5, 5.41) is 3.91. The number of piperidine rings is 1. The Kier molecular flexibility index (Phi) is 7.13. The summed E-state index contributed by atoms with van der Waals surface area (Å²) < 4.78 is 5.37. The van der Waals surface area contributed by atoms with Crippen molar-refractivity contribution < 1.29 is 9.53 Å². The van der Waals surface area contributed by atoms with Gasteiger partial charge in [-0.25, -0.2) is 0 Å². The fourth-order valence-electron chi connectivity index (χ4n) is 4.54. The SMILES string of the molecule is COc1ccccc1C(=O)NCC1(c2cccc(Cl)c2)CCN(Cc2ccccc2)CC1. The van der Waals surface area contributed by atoms with Crippen LogP contribution in [0.25, 0.3) is 0 Å². The molecule has 0 aromatic heterocycles. The standard InChI is InChI=1S/C27H29ClN2O2/c1-32-25-13-6-5-12-24(25)26(31)29-20-27(22-10-7-11-23(28)18-22)14-16-30(17-15-27)19-21-8-3-2-4-9-21/h2-13,18H,14-17,19-20H2,1H3,(H,29,31). The molecule has 1 N–H and O–H groups in total. The summed E-state index contributed by atoms with van der Waals surface area (Å²) in [4.78, 5) is 15.5. The third-order valence-electron chi connectivity index (χ3n) is 6.44. The first-order valence-corrected chi connectivity index (χ1v) is 11.4. The van der Waals surface area contributed by atoms with Gasteiger partial charge in [0.05, 0.1) is 12.7 Å². The number of amides is 1. The summed E-state index contributed by atoms with van der Waals surface area (Å²) in [5.41, 5.74) is 2.91. The number of nitrogens with zero attached hydrogens (tertiary/aromatic N) is 1. The molecule has 4 nitrogen and oxygen atoms in total. The van der Waals surface area contributed by atoms with Crippen LogP contribution in [0, 0.1) is 0 Å². The minimum absolute atomic E-state index is 0.115. The minimum Gasteiger partial charge on any atom is -0.496 e. The number of rotatable bonds is 7.